The van der Waals surface area contributed by atoms with Crippen LogP contribution in [0.4, 0.5) is 0 Å². The maximum atomic E-state index is 13.0. The van der Waals surface area contributed by atoms with Crippen LogP contribution in [0.15, 0.2) is 66.7 Å². The van der Waals surface area contributed by atoms with Crippen LogP contribution in [-0.2, 0) is 19.1 Å². The van der Waals surface area contributed by atoms with Crippen molar-refractivity contribution >= 4 is 44.3 Å². The predicted molar refractivity (Wildman–Crippen MR) is 145 cm³/mol. The van der Waals surface area contributed by atoms with E-state index in [-0.39, 0.29) is 36.0 Å². The van der Waals surface area contributed by atoms with Crippen LogP contribution in [0.25, 0.3) is 32.3 Å². The molecule has 4 heteroatoms. The highest BCUT2D eigenvalue weighted by molar-refractivity contribution is 6.25. The van der Waals surface area contributed by atoms with Crippen LogP contribution in [-0.4, -0.2) is 18.0 Å². The normalized spacial score (nSPS) is 19.8. The van der Waals surface area contributed by atoms with Gasteiger partial charge in [0, 0.05) is 0 Å². The molecule has 36 heavy (non-hydrogen) atoms. The predicted octanol–water partition coefficient (Wildman–Crippen LogP) is 7.90. The van der Waals surface area contributed by atoms with Gasteiger partial charge in [-0.05, 0) is 83.0 Å². The van der Waals surface area contributed by atoms with E-state index in [9.17, 15) is 9.59 Å². The van der Waals surface area contributed by atoms with Gasteiger partial charge in [-0.1, -0.05) is 74.5 Å². The summed E-state index contributed by atoms with van der Waals surface area (Å²) in [5.74, 6) is -0.506. The van der Waals surface area contributed by atoms with Gasteiger partial charge in [0.05, 0.1) is 11.8 Å². The number of carbonyl (C=O) groups excluding carboxylic acids is 2. The molecule has 1 aliphatic rings. The van der Waals surface area contributed by atoms with Crippen molar-refractivity contribution in [1.82, 2.24) is 0 Å². The Bertz CT molecular complexity index is 1380. The third-order valence-corrected chi connectivity index (χ3v) is 7.84. The SMILES string of the molecule is CCC(C)C(=O)OC1CCC(C(=O)OC(C)c2ccc3c4ccccc4c4ccccc4c3c2)CC1. The summed E-state index contributed by atoms with van der Waals surface area (Å²) in [5.41, 5.74) is 0.993. The quantitative estimate of drug-likeness (QED) is 0.207. The average Bonchev–Trinajstić information content (AvgIpc) is 2.92. The number of hydrogen-bond donors (Lipinski definition) is 0. The Balaban J connectivity index is 1.31. The molecule has 0 bridgehead atoms. The summed E-state index contributed by atoms with van der Waals surface area (Å²) in [6.45, 7) is 5.83. The second kappa shape index (κ2) is 10.3. The molecule has 186 valence electrons. The number of ether oxygens (including phenoxy) is 2. The van der Waals surface area contributed by atoms with Crippen LogP contribution < -0.4 is 0 Å². The molecular formula is C32H34O4. The van der Waals surface area contributed by atoms with Crippen molar-refractivity contribution in [2.45, 2.75) is 65.1 Å². The molecule has 0 spiro atoms. The van der Waals surface area contributed by atoms with Gasteiger partial charge in [0.25, 0.3) is 0 Å². The van der Waals surface area contributed by atoms with Crippen molar-refractivity contribution < 1.29 is 19.1 Å². The Labute approximate surface area is 212 Å². The number of benzene rings is 4. The number of esters is 2. The fourth-order valence-electron chi connectivity index (χ4n) is 5.38. The molecular weight excluding hydrogens is 448 g/mol. The Morgan fingerprint density at radius 1 is 0.778 bits per heavy atom. The summed E-state index contributed by atoms with van der Waals surface area (Å²) >= 11 is 0. The molecule has 4 nitrogen and oxygen atoms in total. The second-order valence-electron chi connectivity index (χ2n) is 10.2. The standard InChI is InChI=1S/C32H34O4/c1-4-20(2)31(33)36-24-16-13-22(14-17-24)32(34)35-21(3)23-15-18-29-27-11-6-5-9-25(27)26-10-7-8-12-28(26)30(29)19-23/h5-12,15,18-22,24H,4,13-14,16-17H2,1-3H3. The second-order valence-corrected chi connectivity index (χ2v) is 10.2. The molecule has 1 aliphatic carbocycles. The summed E-state index contributed by atoms with van der Waals surface area (Å²) in [5, 5.41) is 7.29. The Hall–Kier alpha value is -3.40. The van der Waals surface area contributed by atoms with Crippen molar-refractivity contribution in [3.05, 3.63) is 72.3 Å². The van der Waals surface area contributed by atoms with E-state index >= 15 is 0 Å². The summed E-state index contributed by atoms with van der Waals surface area (Å²) in [4.78, 5) is 25.1. The van der Waals surface area contributed by atoms with E-state index in [1.54, 1.807) is 0 Å². The first-order valence-corrected chi connectivity index (χ1v) is 13.2. The van der Waals surface area contributed by atoms with E-state index in [0.29, 0.717) is 25.7 Å². The lowest BCUT2D eigenvalue weighted by atomic mass is 9.87. The van der Waals surface area contributed by atoms with E-state index in [2.05, 4.69) is 66.7 Å². The van der Waals surface area contributed by atoms with Crippen molar-refractivity contribution in [2.24, 2.45) is 11.8 Å². The van der Waals surface area contributed by atoms with Crippen LogP contribution in [0.3, 0.4) is 0 Å². The van der Waals surface area contributed by atoms with Crippen molar-refractivity contribution in [1.29, 1.82) is 0 Å². The van der Waals surface area contributed by atoms with Gasteiger partial charge in [-0.15, -0.1) is 0 Å². The van der Waals surface area contributed by atoms with Crippen LogP contribution in [0.2, 0.25) is 0 Å². The van der Waals surface area contributed by atoms with Crippen LogP contribution in [0.1, 0.15) is 64.5 Å². The zero-order valence-electron chi connectivity index (χ0n) is 21.3. The van der Waals surface area contributed by atoms with Gasteiger partial charge in [-0.3, -0.25) is 9.59 Å². The summed E-state index contributed by atoms with van der Waals surface area (Å²) in [6.07, 6.45) is 3.16. The average molecular weight is 483 g/mol. The first-order valence-electron chi connectivity index (χ1n) is 13.2. The van der Waals surface area contributed by atoms with Gasteiger partial charge in [0.1, 0.15) is 12.2 Å². The fraction of sp³-hybridized carbons (Fsp3) is 0.375. The van der Waals surface area contributed by atoms with E-state index in [4.69, 9.17) is 9.47 Å². The van der Waals surface area contributed by atoms with E-state index in [1.165, 1.54) is 32.3 Å². The van der Waals surface area contributed by atoms with Crippen LogP contribution in [0.5, 0.6) is 0 Å². The maximum absolute atomic E-state index is 13.0. The molecule has 2 unspecified atom stereocenters. The monoisotopic (exact) mass is 482 g/mol. The highest BCUT2D eigenvalue weighted by Gasteiger charge is 2.31. The van der Waals surface area contributed by atoms with E-state index < -0.39 is 0 Å². The molecule has 0 amide bonds. The topological polar surface area (TPSA) is 52.6 Å². The van der Waals surface area contributed by atoms with Gasteiger partial charge in [-0.25, -0.2) is 0 Å². The first kappa shape index (κ1) is 24.3. The van der Waals surface area contributed by atoms with Gasteiger partial charge in [-0.2, -0.15) is 0 Å². The molecule has 0 N–H and O–H groups in total. The minimum absolute atomic E-state index is 0.0781. The molecule has 0 aromatic heterocycles. The molecule has 2 atom stereocenters. The fourth-order valence-corrected chi connectivity index (χ4v) is 5.38. The van der Waals surface area contributed by atoms with Crippen molar-refractivity contribution in [3.8, 4) is 0 Å². The smallest absolute Gasteiger partial charge is 0.309 e. The minimum atomic E-state index is -0.340. The lowest BCUT2D eigenvalue weighted by Crippen LogP contribution is -2.30. The largest absolute Gasteiger partial charge is 0.462 e. The van der Waals surface area contributed by atoms with Gasteiger partial charge in [0.15, 0.2) is 0 Å². The maximum Gasteiger partial charge on any atom is 0.309 e. The molecule has 4 aromatic carbocycles. The number of hydrogen-bond acceptors (Lipinski definition) is 4. The molecule has 1 fully saturated rings. The molecule has 0 saturated heterocycles. The zero-order valence-corrected chi connectivity index (χ0v) is 21.3. The molecule has 5 rings (SSSR count). The van der Waals surface area contributed by atoms with Crippen LogP contribution in [0, 0.1) is 11.8 Å². The molecule has 0 aliphatic heterocycles. The Morgan fingerprint density at radius 2 is 1.31 bits per heavy atom. The highest BCUT2D eigenvalue weighted by atomic mass is 16.5. The lowest BCUT2D eigenvalue weighted by molar-refractivity contribution is -0.159. The van der Waals surface area contributed by atoms with E-state index in [0.717, 1.165) is 12.0 Å². The highest BCUT2D eigenvalue weighted by Crippen LogP contribution is 2.37. The van der Waals surface area contributed by atoms with Gasteiger partial charge >= 0.3 is 11.9 Å². The summed E-state index contributed by atoms with van der Waals surface area (Å²) in [7, 11) is 0. The van der Waals surface area contributed by atoms with Gasteiger partial charge in [0.2, 0.25) is 0 Å². The molecule has 1 saturated carbocycles. The van der Waals surface area contributed by atoms with Crippen molar-refractivity contribution in [2.75, 3.05) is 0 Å². The third kappa shape index (κ3) is 4.69. The molecule has 0 heterocycles. The van der Waals surface area contributed by atoms with Crippen LogP contribution >= 0.6 is 0 Å². The zero-order chi connectivity index (χ0) is 25.2. The summed E-state index contributed by atoms with van der Waals surface area (Å²) < 4.78 is 11.6. The lowest BCUT2D eigenvalue weighted by Gasteiger charge is -2.28. The van der Waals surface area contributed by atoms with E-state index in [1.807, 2.05) is 20.8 Å². The Morgan fingerprint density at radius 3 is 1.86 bits per heavy atom. The minimum Gasteiger partial charge on any atom is -0.462 e. The van der Waals surface area contributed by atoms with Gasteiger partial charge < -0.3 is 9.47 Å². The Kier molecular flexibility index (Phi) is 6.95. The third-order valence-electron chi connectivity index (χ3n) is 7.84. The molecule has 0 radical (unpaired) electrons. The summed E-state index contributed by atoms with van der Waals surface area (Å²) in [6, 6.07) is 23.4. The first-order chi connectivity index (χ1) is 17.5. The molecule has 4 aromatic rings. The van der Waals surface area contributed by atoms with Crippen molar-refractivity contribution in [3.63, 3.8) is 0 Å². The number of fused-ring (bicyclic) bond motifs is 6. The number of carbonyl (C=O) groups is 2. The number of rotatable bonds is 6.